The molecule has 1 amide bonds. The number of ether oxygens (including phenoxy) is 1. The van der Waals surface area contributed by atoms with Crippen LogP contribution >= 0.6 is 0 Å². The number of unbranched alkanes of at least 4 members (excludes halogenated alkanes) is 1. The van der Waals surface area contributed by atoms with E-state index in [1.54, 1.807) is 12.1 Å². The second-order valence-electron chi connectivity index (χ2n) is 5.50. The molecule has 3 aromatic rings. The molecule has 0 aliphatic carbocycles. The molecule has 0 bridgehead atoms. The maximum atomic E-state index is 11.6. The van der Waals surface area contributed by atoms with E-state index in [1.807, 2.05) is 26.0 Å². The van der Waals surface area contributed by atoms with Crippen molar-refractivity contribution in [1.29, 1.82) is 0 Å². The molecule has 7 nitrogen and oxygen atoms in total. The van der Waals surface area contributed by atoms with Crippen molar-refractivity contribution >= 4 is 24.0 Å². The second kappa shape index (κ2) is 6.66. The van der Waals surface area contributed by atoms with Gasteiger partial charge in [0.25, 0.3) is 0 Å². The van der Waals surface area contributed by atoms with E-state index in [9.17, 15) is 4.79 Å². The Morgan fingerprint density at radius 2 is 2.04 bits per heavy atom. The Morgan fingerprint density at radius 3 is 2.71 bits per heavy atom. The highest BCUT2D eigenvalue weighted by Crippen LogP contribution is 2.18. The number of nitrogens with one attached hydrogen (secondary N) is 1. The average Bonchev–Trinajstić information content (AvgIpc) is 3.09. The number of hydrogen-bond acceptors (Lipinski definition) is 5. The van der Waals surface area contributed by atoms with Crippen LogP contribution in [-0.4, -0.2) is 32.5 Å². The number of carbonyl (C=O) groups excluding carboxylic acids is 1. The fourth-order valence-corrected chi connectivity index (χ4v) is 2.21. The summed E-state index contributed by atoms with van der Waals surface area (Å²) in [4.78, 5) is 16.1. The number of hydrogen-bond donors (Lipinski definition) is 1. The van der Waals surface area contributed by atoms with Gasteiger partial charge in [-0.1, -0.05) is 19.9 Å². The van der Waals surface area contributed by atoms with Crippen molar-refractivity contribution in [1.82, 2.24) is 19.8 Å². The quantitative estimate of drug-likeness (QED) is 0.729. The highest BCUT2D eigenvalue weighted by molar-refractivity contribution is 5.85. The lowest BCUT2D eigenvalue weighted by molar-refractivity contribution is 0.160. The van der Waals surface area contributed by atoms with Crippen molar-refractivity contribution in [2.45, 2.75) is 26.7 Å². The summed E-state index contributed by atoms with van der Waals surface area (Å²) in [6.45, 7) is 8.29. The van der Waals surface area contributed by atoms with Crippen molar-refractivity contribution in [3.8, 4) is 11.4 Å². The number of amides is 1. The average molecular weight is 325 g/mol. The molecule has 2 heterocycles. The van der Waals surface area contributed by atoms with Gasteiger partial charge < -0.3 is 4.74 Å². The van der Waals surface area contributed by atoms with Gasteiger partial charge in [0.2, 0.25) is 0 Å². The molecule has 0 saturated carbocycles. The summed E-state index contributed by atoms with van der Waals surface area (Å²) in [7, 11) is 0. The van der Waals surface area contributed by atoms with E-state index in [0.29, 0.717) is 23.8 Å². The molecular formula is C17H19N5O2. The van der Waals surface area contributed by atoms with E-state index in [4.69, 9.17) is 4.74 Å². The number of fused-ring (bicyclic) bond motifs is 1. The van der Waals surface area contributed by atoms with Crippen LogP contribution < -0.4 is 10.5 Å². The van der Waals surface area contributed by atoms with Crippen LogP contribution in [0.15, 0.2) is 24.3 Å². The minimum Gasteiger partial charge on any atom is -0.449 e. The number of carbonyl (C=O) groups is 1. The largest absolute Gasteiger partial charge is 0.449 e. The number of anilines is 1. The van der Waals surface area contributed by atoms with Gasteiger partial charge in [0.15, 0.2) is 11.5 Å². The first-order valence-corrected chi connectivity index (χ1v) is 7.85. The van der Waals surface area contributed by atoms with Crippen molar-refractivity contribution in [3.63, 3.8) is 0 Å². The molecule has 0 saturated heterocycles. The summed E-state index contributed by atoms with van der Waals surface area (Å²) in [5.74, 6) is 0.569. The lowest BCUT2D eigenvalue weighted by Gasteiger charge is -2.06. The molecule has 0 atom stereocenters. The monoisotopic (exact) mass is 325 g/mol. The number of aromatic nitrogens is 4. The van der Waals surface area contributed by atoms with Crippen LogP contribution in [0.2, 0.25) is 0 Å². The Bertz CT molecular complexity index is 901. The first-order chi connectivity index (χ1) is 11.6. The number of rotatable bonds is 5. The fourth-order valence-electron chi connectivity index (χ4n) is 2.21. The van der Waals surface area contributed by atoms with Gasteiger partial charge in [0, 0.05) is 16.5 Å². The summed E-state index contributed by atoms with van der Waals surface area (Å²) in [5, 5.41) is 12.1. The normalized spacial score (nSPS) is 10.9. The van der Waals surface area contributed by atoms with Crippen LogP contribution in [0.5, 0.6) is 0 Å². The topological polar surface area (TPSA) is 81.4 Å². The van der Waals surface area contributed by atoms with Gasteiger partial charge in [0.1, 0.15) is 0 Å². The van der Waals surface area contributed by atoms with Crippen LogP contribution in [-0.2, 0) is 4.74 Å². The van der Waals surface area contributed by atoms with Crippen LogP contribution in [0.25, 0.3) is 23.6 Å². The van der Waals surface area contributed by atoms with E-state index >= 15 is 0 Å². The van der Waals surface area contributed by atoms with E-state index < -0.39 is 6.09 Å². The molecule has 1 aromatic carbocycles. The van der Waals surface area contributed by atoms with Crippen LogP contribution in [0.4, 0.5) is 10.5 Å². The molecule has 7 heteroatoms. The lowest BCUT2D eigenvalue weighted by Crippen LogP contribution is -2.14. The number of benzene rings is 1. The van der Waals surface area contributed by atoms with Crippen molar-refractivity contribution in [3.05, 3.63) is 35.2 Å². The van der Waals surface area contributed by atoms with Gasteiger partial charge in [-0.05, 0) is 37.6 Å². The second-order valence-corrected chi connectivity index (χ2v) is 5.50. The highest BCUT2D eigenvalue weighted by atomic mass is 16.5. The standard InChI is InChI=1S/C17H19N5O2/c1-4-5-10-24-17(23)18-14-8-6-13(7-9-14)15-19-16-11(2)12(3)20-22(16)21-15/h6-9H,2,4-5,10H2,1,3H3,(H,18,23). The van der Waals surface area contributed by atoms with Crippen LogP contribution in [0.3, 0.4) is 0 Å². The van der Waals surface area contributed by atoms with E-state index in [-0.39, 0.29) is 0 Å². The number of aryl methyl sites for hydroxylation is 1. The lowest BCUT2D eigenvalue weighted by atomic mass is 10.2. The Kier molecular flexibility index (Phi) is 4.41. The first kappa shape index (κ1) is 15.9. The van der Waals surface area contributed by atoms with Crippen molar-refractivity contribution in [2.24, 2.45) is 0 Å². The minimum absolute atomic E-state index is 0.425. The molecule has 0 fully saturated rings. The van der Waals surface area contributed by atoms with Gasteiger partial charge in [0.05, 0.1) is 12.3 Å². The SMILES string of the molecule is C=c1c(C)nn2nc(-c3ccc(NC(=O)OCCCC)cc3)nc12. The molecule has 2 aromatic heterocycles. The molecule has 0 radical (unpaired) electrons. The maximum absolute atomic E-state index is 11.6. The van der Waals surface area contributed by atoms with Crippen molar-refractivity contribution in [2.75, 3.05) is 11.9 Å². The van der Waals surface area contributed by atoms with Gasteiger partial charge >= 0.3 is 6.09 Å². The molecule has 3 rings (SSSR count). The molecule has 124 valence electrons. The zero-order valence-electron chi connectivity index (χ0n) is 13.7. The summed E-state index contributed by atoms with van der Waals surface area (Å²) in [6, 6.07) is 7.25. The summed E-state index contributed by atoms with van der Waals surface area (Å²) < 4.78 is 6.55. The maximum Gasteiger partial charge on any atom is 0.411 e. The Balaban J connectivity index is 1.71. The zero-order valence-corrected chi connectivity index (χ0v) is 13.7. The molecule has 0 unspecified atom stereocenters. The molecule has 0 aliphatic rings. The van der Waals surface area contributed by atoms with E-state index in [0.717, 1.165) is 29.3 Å². The van der Waals surface area contributed by atoms with E-state index in [2.05, 4.69) is 27.1 Å². The van der Waals surface area contributed by atoms with Crippen LogP contribution in [0, 0.1) is 6.92 Å². The third-order valence-electron chi connectivity index (χ3n) is 3.66. The van der Waals surface area contributed by atoms with Gasteiger partial charge in [-0.15, -0.1) is 9.73 Å². The first-order valence-electron chi connectivity index (χ1n) is 7.85. The Morgan fingerprint density at radius 1 is 1.29 bits per heavy atom. The van der Waals surface area contributed by atoms with Crippen LogP contribution in [0.1, 0.15) is 25.5 Å². The zero-order chi connectivity index (χ0) is 17.1. The Labute approximate surface area is 139 Å². The number of nitrogens with zero attached hydrogens (tertiary/aromatic N) is 4. The predicted molar refractivity (Wildman–Crippen MR) is 91.6 cm³/mol. The molecule has 24 heavy (non-hydrogen) atoms. The minimum atomic E-state index is -0.448. The van der Waals surface area contributed by atoms with Gasteiger partial charge in [-0.2, -0.15) is 5.10 Å². The predicted octanol–water partition coefficient (Wildman–Crippen LogP) is 2.58. The van der Waals surface area contributed by atoms with Crippen molar-refractivity contribution < 1.29 is 9.53 Å². The summed E-state index contributed by atoms with van der Waals surface area (Å²) in [6.07, 6.45) is 1.40. The molecule has 0 aliphatic heterocycles. The third kappa shape index (κ3) is 3.19. The van der Waals surface area contributed by atoms with E-state index in [1.165, 1.54) is 4.63 Å². The molecule has 0 spiro atoms. The summed E-state index contributed by atoms with van der Waals surface area (Å²) >= 11 is 0. The Hall–Kier alpha value is -2.96. The molecule has 1 N–H and O–H groups in total. The molecular weight excluding hydrogens is 306 g/mol. The highest BCUT2D eigenvalue weighted by Gasteiger charge is 2.11. The summed E-state index contributed by atoms with van der Waals surface area (Å²) in [5.41, 5.74) is 2.97. The smallest absolute Gasteiger partial charge is 0.411 e. The van der Waals surface area contributed by atoms with Gasteiger partial charge in [-0.25, -0.2) is 9.78 Å². The third-order valence-corrected chi connectivity index (χ3v) is 3.66. The fraction of sp³-hybridized carbons (Fsp3) is 0.294. The van der Waals surface area contributed by atoms with Gasteiger partial charge in [-0.3, -0.25) is 5.32 Å².